The molecule has 1 amide bonds. The number of amides is 1. The SMILES string of the molecule is C#CCn1c(=NC(=O)CCS(=O)(=O)Cc2ccccc2)sc2cc(CC)ccc21. The average molecular weight is 427 g/mol. The molecular formula is C22H22N2O3S2. The fourth-order valence-corrected chi connectivity index (χ4v) is 5.41. The summed E-state index contributed by atoms with van der Waals surface area (Å²) in [5, 5.41) is 0. The number of aryl methyl sites for hydroxylation is 1. The first-order valence-electron chi connectivity index (χ1n) is 9.29. The van der Waals surface area contributed by atoms with Crippen molar-refractivity contribution in [1.82, 2.24) is 4.57 Å². The molecule has 0 saturated carbocycles. The van der Waals surface area contributed by atoms with Crippen LogP contribution in [-0.2, 0) is 33.4 Å². The number of benzene rings is 2. The predicted molar refractivity (Wildman–Crippen MR) is 117 cm³/mol. The Kier molecular flexibility index (Phi) is 6.68. The molecule has 0 saturated heterocycles. The molecule has 1 aromatic heterocycles. The van der Waals surface area contributed by atoms with Crippen molar-refractivity contribution in [3.8, 4) is 12.3 Å². The molecule has 2 aromatic carbocycles. The maximum absolute atomic E-state index is 12.4. The molecule has 29 heavy (non-hydrogen) atoms. The summed E-state index contributed by atoms with van der Waals surface area (Å²) >= 11 is 1.39. The standard InChI is InChI=1S/C22H22N2O3S2/c1-3-13-24-19-11-10-17(4-2)15-20(19)28-22(24)23-21(25)12-14-29(26,27)16-18-8-6-5-7-9-18/h1,5-11,15H,4,12-14,16H2,2H3. The number of nitrogens with zero attached hydrogens (tertiary/aromatic N) is 2. The molecule has 0 unspecified atom stereocenters. The lowest BCUT2D eigenvalue weighted by Gasteiger charge is -2.03. The van der Waals surface area contributed by atoms with Crippen molar-refractivity contribution < 1.29 is 13.2 Å². The quantitative estimate of drug-likeness (QED) is 0.544. The molecule has 0 aliphatic rings. The normalized spacial score (nSPS) is 12.2. The van der Waals surface area contributed by atoms with Crippen LogP contribution in [0.4, 0.5) is 0 Å². The first kappa shape index (κ1) is 21.0. The van der Waals surface area contributed by atoms with E-state index < -0.39 is 15.7 Å². The maximum Gasteiger partial charge on any atom is 0.249 e. The zero-order valence-corrected chi connectivity index (χ0v) is 17.8. The topological polar surface area (TPSA) is 68.5 Å². The highest BCUT2D eigenvalue weighted by atomic mass is 32.2. The van der Waals surface area contributed by atoms with E-state index in [-0.39, 0.29) is 17.9 Å². The maximum atomic E-state index is 12.4. The molecule has 0 aliphatic heterocycles. The van der Waals surface area contributed by atoms with Gasteiger partial charge in [0.15, 0.2) is 14.6 Å². The summed E-state index contributed by atoms with van der Waals surface area (Å²) in [4.78, 5) is 17.0. The van der Waals surface area contributed by atoms with E-state index in [0.29, 0.717) is 16.9 Å². The van der Waals surface area contributed by atoms with Gasteiger partial charge in [0.2, 0.25) is 5.91 Å². The molecule has 0 N–H and O–H groups in total. The molecule has 150 valence electrons. The third kappa shape index (κ3) is 5.43. The van der Waals surface area contributed by atoms with E-state index in [0.717, 1.165) is 16.6 Å². The van der Waals surface area contributed by atoms with Crippen molar-refractivity contribution in [3.63, 3.8) is 0 Å². The Morgan fingerprint density at radius 1 is 1.17 bits per heavy atom. The van der Waals surface area contributed by atoms with Crippen LogP contribution in [-0.4, -0.2) is 24.6 Å². The highest BCUT2D eigenvalue weighted by Gasteiger charge is 2.15. The van der Waals surface area contributed by atoms with Gasteiger partial charge in [0, 0.05) is 6.42 Å². The van der Waals surface area contributed by atoms with Gasteiger partial charge in [-0.25, -0.2) is 8.42 Å². The Bertz CT molecular complexity index is 1230. The van der Waals surface area contributed by atoms with E-state index in [1.807, 2.05) is 22.8 Å². The molecule has 0 fully saturated rings. The number of rotatable bonds is 7. The number of fused-ring (bicyclic) bond motifs is 1. The fourth-order valence-electron chi connectivity index (χ4n) is 2.97. The van der Waals surface area contributed by atoms with Crippen LogP contribution in [0.5, 0.6) is 0 Å². The lowest BCUT2D eigenvalue weighted by Crippen LogP contribution is -2.18. The number of aromatic nitrogens is 1. The number of thiazole rings is 1. The highest BCUT2D eigenvalue weighted by Crippen LogP contribution is 2.19. The lowest BCUT2D eigenvalue weighted by molar-refractivity contribution is -0.117. The van der Waals surface area contributed by atoms with Crippen molar-refractivity contribution in [2.24, 2.45) is 4.99 Å². The summed E-state index contributed by atoms with van der Waals surface area (Å²) < 4.78 is 27.4. The minimum absolute atomic E-state index is 0.0824. The summed E-state index contributed by atoms with van der Waals surface area (Å²) in [6.45, 7) is 2.37. The molecule has 0 spiro atoms. The molecule has 3 aromatic rings. The summed E-state index contributed by atoms with van der Waals surface area (Å²) in [7, 11) is -3.39. The molecule has 0 bridgehead atoms. The van der Waals surface area contributed by atoms with Gasteiger partial charge in [0.05, 0.1) is 28.3 Å². The Morgan fingerprint density at radius 3 is 2.62 bits per heavy atom. The number of terminal acetylenes is 1. The van der Waals surface area contributed by atoms with Crippen LogP contribution in [0.25, 0.3) is 10.2 Å². The number of sulfone groups is 1. The molecule has 7 heteroatoms. The van der Waals surface area contributed by atoms with Gasteiger partial charge in [0.1, 0.15) is 0 Å². The first-order valence-corrected chi connectivity index (χ1v) is 11.9. The smallest absolute Gasteiger partial charge is 0.249 e. The van der Waals surface area contributed by atoms with E-state index in [2.05, 4.69) is 23.9 Å². The molecule has 0 aliphatic carbocycles. The van der Waals surface area contributed by atoms with Gasteiger partial charge in [-0.15, -0.1) is 6.42 Å². The van der Waals surface area contributed by atoms with Crippen LogP contribution in [0, 0.1) is 12.3 Å². The van der Waals surface area contributed by atoms with Gasteiger partial charge < -0.3 is 4.57 Å². The van der Waals surface area contributed by atoms with Crippen molar-refractivity contribution in [2.75, 3.05) is 5.75 Å². The number of hydrogen-bond donors (Lipinski definition) is 0. The van der Waals surface area contributed by atoms with Gasteiger partial charge in [-0.1, -0.05) is 60.6 Å². The second-order valence-electron chi connectivity index (χ2n) is 6.66. The molecule has 0 atom stereocenters. The van der Waals surface area contributed by atoms with Crippen molar-refractivity contribution in [3.05, 3.63) is 64.5 Å². The molecular weight excluding hydrogens is 404 g/mol. The van der Waals surface area contributed by atoms with Crippen LogP contribution in [0.1, 0.15) is 24.5 Å². The van der Waals surface area contributed by atoms with E-state index in [9.17, 15) is 13.2 Å². The third-order valence-electron chi connectivity index (χ3n) is 4.48. The van der Waals surface area contributed by atoms with Crippen LogP contribution in [0.2, 0.25) is 0 Å². The zero-order chi connectivity index (χ0) is 20.9. The highest BCUT2D eigenvalue weighted by molar-refractivity contribution is 7.90. The van der Waals surface area contributed by atoms with Gasteiger partial charge in [-0.3, -0.25) is 4.79 Å². The number of hydrogen-bond acceptors (Lipinski definition) is 4. The van der Waals surface area contributed by atoms with Crippen LogP contribution in [0.15, 0.2) is 53.5 Å². The van der Waals surface area contributed by atoms with E-state index in [1.165, 1.54) is 16.9 Å². The lowest BCUT2D eigenvalue weighted by atomic mass is 10.2. The van der Waals surface area contributed by atoms with Gasteiger partial charge >= 0.3 is 0 Å². The Labute approximate surface area is 174 Å². The second kappa shape index (κ2) is 9.21. The zero-order valence-electron chi connectivity index (χ0n) is 16.2. The van der Waals surface area contributed by atoms with Crippen molar-refractivity contribution in [1.29, 1.82) is 0 Å². The minimum atomic E-state index is -3.39. The Hall–Kier alpha value is -2.69. The van der Waals surface area contributed by atoms with Crippen LogP contribution < -0.4 is 4.80 Å². The Balaban J connectivity index is 1.80. The molecule has 1 heterocycles. The first-order chi connectivity index (χ1) is 13.9. The monoisotopic (exact) mass is 426 g/mol. The summed E-state index contributed by atoms with van der Waals surface area (Å²) in [5.41, 5.74) is 2.82. The van der Waals surface area contributed by atoms with Crippen LogP contribution >= 0.6 is 11.3 Å². The van der Waals surface area contributed by atoms with Gasteiger partial charge in [0.25, 0.3) is 0 Å². The molecule has 5 nitrogen and oxygen atoms in total. The number of carbonyl (C=O) groups excluding carboxylic acids is 1. The van der Waals surface area contributed by atoms with E-state index in [4.69, 9.17) is 6.42 Å². The average Bonchev–Trinajstić information content (AvgIpc) is 3.03. The minimum Gasteiger partial charge on any atom is -0.305 e. The third-order valence-corrected chi connectivity index (χ3v) is 7.12. The van der Waals surface area contributed by atoms with Crippen LogP contribution in [0.3, 0.4) is 0 Å². The molecule has 3 rings (SSSR count). The van der Waals surface area contributed by atoms with Gasteiger partial charge in [-0.2, -0.15) is 4.99 Å². The Morgan fingerprint density at radius 2 is 1.93 bits per heavy atom. The fraction of sp³-hybridized carbons (Fsp3) is 0.273. The summed E-state index contributed by atoms with van der Waals surface area (Å²) in [6, 6.07) is 15.0. The summed E-state index contributed by atoms with van der Waals surface area (Å²) in [6.07, 6.45) is 6.24. The number of carbonyl (C=O) groups is 1. The molecule has 0 radical (unpaired) electrons. The predicted octanol–water partition coefficient (Wildman–Crippen LogP) is 3.33. The largest absolute Gasteiger partial charge is 0.305 e. The van der Waals surface area contributed by atoms with Crippen molar-refractivity contribution >= 4 is 37.3 Å². The second-order valence-corrected chi connectivity index (χ2v) is 9.86. The van der Waals surface area contributed by atoms with Gasteiger partial charge in [-0.05, 0) is 29.7 Å². The summed E-state index contributed by atoms with van der Waals surface area (Å²) in [5.74, 6) is 1.81. The van der Waals surface area contributed by atoms with E-state index in [1.54, 1.807) is 24.3 Å². The van der Waals surface area contributed by atoms with Crippen molar-refractivity contribution in [2.45, 2.75) is 32.1 Å². The van der Waals surface area contributed by atoms with E-state index >= 15 is 0 Å².